The molecule has 0 heterocycles. The van der Waals surface area contributed by atoms with Crippen LogP contribution in [-0.4, -0.2) is 23.3 Å². The van der Waals surface area contributed by atoms with E-state index in [1.165, 1.54) is 64.2 Å². The summed E-state index contributed by atoms with van der Waals surface area (Å²) in [6.45, 7) is 2.55. The van der Waals surface area contributed by atoms with Crippen molar-refractivity contribution in [2.45, 2.75) is 82.7 Å². The molecule has 2 fully saturated rings. The van der Waals surface area contributed by atoms with Crippen LogP contribution in [0.3, 0.4) is 0 Å². The molecule has 17 heavy (non-hydrogen) atoms. The summed E-state index contributed by atoms with van der Waals surface area (Å²) in [5.41, 5.74) is -0.0254. The van der Waals surface area contributed by atoms with Gasteiger partial charge in [0.25, 0.3) is 0 Å². The van der Waals surface area contributed by atoms with Crippen LogP contribution in [0.1, 0.15) is 71.1 Å². The fraction of sp³-hybridized carbons (Fsp3) is 1.00. The molecule has 2 saturated carbocycles. The van der Waals surface area contributed by atoms with Gasteiger partial charge < -0.3 is 10.4 Å². The van der Waals surface area contributed by atoms with Gasteiger partial charge in [-0.15, -0.1) is 0 Å². The van der Waals surface area contributed by atoms with Gasteiger partial charge in [0.2, 0.25) is 0 Å². The fourth-order valence-corrected chi connectivity index (χ4v) is 3.75. The fourth-order valence-electron chi connectivity index (χ4n) is 3.75. The van der Waals surface area contributed by atoms with E-state index in [1.807, 2.05) is 0 Å². The molecule has 1 unspecified atom stereocenters. The van der Waals surface area contributed by atoms with Crippen LogP contribution in [0, 0.1) is 5.92 Å². The first-order chi connectivity index (χ1) is 8.24. The highest BCUT2D eigenvalue weighted by atomic mass is 16.3. The second-order valence-corrected chi connectivity index (χ2v) is 6.39. The number of rotatable bonds is 4. The Balaban J connectivity index is 1.91. The molecule has 0 bridgehead atoms. The van der Waals surface area contributed by atoms with Gasteiger partial charge in [-0.25, -0.2) is 0 Å². The first kappa shape index (κ1) is 13.4. The third kappa shape index (κ3) is 3.45. The summed E-state index contributed by atoms with van der Waals surface area (Å²) >= 11 is 0. The summed E-state index contributed by atoms with van der Waals surface area (Å²) < 4.78 is 0. The van der Waals surface area contributed by atoms with Gasteiger partial charge in [-0.1, -0.05) is 38.5 Å². The van der Waals surface area contributed by atoms with Crippen molar-refractivity contribution in [1.82, 2.24) is 5.32 Å². The van der Waals surface area contributed by atoms with E-state index in [0.29, 0.717) is 18.6 Å². The maximum Gasteiger partial charge on any atom is 0.0613 e. The first-order valence-electron chi connectivity index (χ1n) is 7.63. The second kappa shape index (κ2) is 6.19. The number of hydrogen-bond acceptors (Lipinski definition) is 2. The van der Waals surface area contributed by atoms with E-state index in [1.54, 1.807) is 0 Å². The first-order valence-corrected chi connectivity index (χ1v) is 7.63. The Labute approximate surface area is 106 Å². The number of aliphatic hydroxyl groups excluding tert-OH is 1. The van der Waals surface area contributed by atoms with Gasteiger partial charge >= 0.3 is 0 Å². The molecule has 0 aliphatic heterocycles. The van der Waals surface area contributed by atoms with Gasteiger partial charge in [0.1, 0.15) is 0 Å². The van der Waals surface area contributed by atoms with Gasteiger partial charge in [-0.3, -0.25) is 0 Å². The van der Waals surface area contributed by atoms with Crippen LogP contribution in [0.15, 0.2) is 0 Å². The van der Waals surface area contributed by atoms with Gasteiger partial charge in [0.15, 0.2) is 0 Å². The normalized spacial score (nSPS) is 27.9. The van der Waals surface area contributed by atoms with Crippen molar-refractivity contribution in [3.63, 3.8) is 0 Å². The van der Waals surface area contributed by atoms with E-state index in [4.69, 9.17) is 0 Å². The van der Waals surface area contributed by atoms with Crippen molar-refractivity contribution >= 4 is 0 Å². The molecule has 0 aromatic rings. The van der Waals surface area contributed by atoms with Crippen LogP contribution in [0.5, 0.6) is 0 Å². The topological polar surface area (TPSA) is 32.3 Å². The van der Waals surface area contributed by atoms with E-state index in [9.17, 15) is 5.11 Å². The van der Waals surface area contributed by atoms with Gasteiger partial charge in [-0.05, 0) is 38.5 Å². The minimum absolute atomic E-state index is 0.0254. The lowest BCUT2D eigenvalue weighted by Gasteiger charge is -2.43. The predicted octanol–water partition coefficient (Wildman–Crippen LogP) is 3.24. The maximum absolute atomic E-state index is 9.81. The molecule has 0 spiro atoms. The van der Waals surface area contributed by atoms with Gasteiger partial charge in [0.05, 0.1) is 6.61 Å². The number of aliphatic hydroxyl groups is 1. The number of nitrogens with one attached hydrogen (secondary N) is 1. The molecule has 2 N–H and O–H groups in total. The van der Waals surface area contributed by atoms with Crippen molar-refractivity contribution in [2.24, 2.45) is 5.92 Å². The summed E-state index contributed by atoms with van der Waals surface area (Å²) in [5, 5.41) is 13.6. The molecule has 2 aliphatic carbocycles. The molecule has 2 rings (SSSR count). The Hall–Kier alpha value is -0.0800. The predicted molar refractivity (Wildman–Crippen MR) is 72.1 cm³/mol. The van der Waals surface area contributed by atoms with Crippen LogP contribution in [-0.2, 0) is 0 Å². The molecule has 1 atom stereocenters. The highest BCUT2D eigenvalue weighted by Gasteiger charge is 2.36. The van der Waals surface area contributed by atoms with Crippen molar-refractivity contribution in [3.8, 4) is 0 Å². The van der Waals surface area contributed by atoms with Crippen molar-refractivity contribution in [1.29, 1.82) is 0 Å². The maximum atomic E-state index is 9.81. The third-order valence-electron chi connectivity index (χ3n) is 4.97. The van der Waals surface area contributed by atoms with Gasteiger partial charge in [-0.2, -0.15) is 0 Å². The molecular weight excluding hydrogens is 210 g/mol. The summed E-state index contributed by atoms with van der Waals surface area (Å²) in [7, 11) is 0. The monoisotopic (exact) mass is 239 g/mol. The van der Waals surface area contributed by atoms with Crippen molar-refractivity contribution in [3.05, 3.63) is 0 Å². The highest BCUT2D eigenvalue weighted by Crippen LogP contribution is 2.33. The Bertz CT molecular complexity index is 219. The zero-order valence-corrected chi connectivity index (χ0v) is 11.4. The van der Waals surface area contributed by atoms with E-state index in [-0.39, 0.29) is 5.54 Å². The van der Waals surface area contributed by atoms with Crippen molar-refractivity contribution in [2.75, 3.05) is 6.61 Å². The summed E-state index contributed by atoms with van der Waals surface area (Å²) in [4.78, 5) is 0. The minimum atomic E-state index is -0.0254. The van der Waals surface area contributed by atoms with E-state index in [0.717, 1.165) is 0 Å². The molecule has 2 nitrogen and oxygen atoms in total. The molecular formula is C15H29NO. The summed E-state index contributed by atoms with van der Waals surface area (Å²) in [6.07, 6.45) is 13.4. The molecule has 0 aromatic carbocycles. The Morgan fingerprint density at radius 2 is 1.47 bits per heavy atom. The summed E-state index contributed by atoms with van der Waals surface area (Å²) in [5.74, 6) is 0.683. The third-order valence-corrected chi connectivity index (χ3v) is 4.97. The standard InChI is InChI=1S/C15H29NO/c1-15(12-17,13-8-4-2-5-9-13)16-14-10-6-3-7-11-14/h13-14,16-17H,2-12H2,1H3. The van der Waals surface area contributed by atoms with Crippen LogP contribution < -0.4 is 5.32 Å². The smallest absolute Gasteiger partial charge is 0.0613 e. The summed E-state index contributed by atoms with van der Waals surface area (Å²) in [6, 6.07) is 0.655. The van der Waals surface area contributed by atoms with E-state index < -0.39 is 0 Å². The van der Waals surface area contributed by atoms with Crippen LogP contribution in [0.4, 0.5) is 0 Å². The largest absolute Gasteiger partial charge is 0.394 e. The second-order valence-electron chi connectivity index (χ2n) is 6.39. The zero-order chi connectivity index (χ0) is 12.1. The van der Waals surface area contributed by atoms with E-state index in [2.05, 4.69) is 12.2 Å². The molecule has 0 radical (unpaired) electrons. The van der Waals surface area contributed by atoms with Crippen LogP contribution >= 0.6 is 0 Å². The SMILES string of the molecule is CC(CO)(NC1CCCCC1)C1CCCCC1. The average Bonchev–Trinajstić information content (AvgIpc) is 2.41. The molecule has 0 saturated heterocycles. The molecule has 2 aliphatic rings. The molecule has 2 heteroatoms. The zero-order valence-electron chi connectivity index (χ0n) is 11.4. The number of hydrogen-bond donors (Lipinski definition) is 2. The van der Waals surface area contributed by atoms with E-state index >= 15 is 0 Å². The lowest BCUT2D eigenvalue weighted by Crippen LogP contribution is -2.56. The van der Waals surface area contributed by atoms with Crippen molar-refractivity contribution < 1.29 is 5.11 Å². The van der Waals surface area contributed by atoms with Gasteiger partial charge in [0, 0.05) is 11.6 Å². The minimum Gasteiger partial charge on any atom is -0.394 e. The Kier molecular flexibility index (Phi) is 4.87. The lowest BCUT2D eigenvalue weighted by molar-refractivity contribution is 0.0783. The Morgan fingerprint density at radius 1 is 0.941 bits per heavy atom. The van der Waals surface area contributed by atoms with Crippen LogP contribution in [0.25, 0.3) is 0 Å². The Morgan fingerprint density at radius 3 is 2.00 bits per heavy atom. The molecule has 0 amide bonds. The molecule has 0 aromatic heterocycles. The molecule has 100 valence electrons. The average molecular weight is 239 g/mol. The quantitative estimate of drug-likeness (QED) is 0.789. The highest BCUT2D eigenvalue weighted by molar-refractivity contribution is 4.94. The lowest BCUT2D eigenvalue weighted by atomic mass is 9.75. The van der Waals surface area contributed by atoms with Crippen LogP contribution in [0.2, 0.25) is 0 Å².